The van der Waals surface area contributed by atoms with E-state index < -0.39 is 0 Å². The SMILES string of the molecule is CCN(CCl)CCc1nc(-c2ccc(F)cc2)c(-c2nc(C(=O)NCC(C)C)cs2)o1. The van der Waals surface area contributed by atoms with E-state index in [1.54, 1.807) is 17.5 Å². The topological polar surface area (TPSA) is 71.3 Å². The normalized spacial score (nSPS) is 11.5. The van der Waals surface area contributed by atoms with Crippen LogP contribution in [0, 0.1) is 11.7 Å². The monoisotopic (exact) mass is 464 g/mol. The van der Waals surface area contributed by atoms with Gasteiger partial charge in [-0.25, -0.2) is 14.4 Å². The van der Waals surface area contributed by atoms with Crippen LogP contribution in [0.15, 0.2) is 34.1 Å². The van der Waals surface area contributed by atoms with Crippen molar-refractivity contribution in [2.45, 2.75) is 27.2 Å². The fourth-order valence-electron chi connectivity index (χ4n) is 2.85. The first-order valence-electron chi connectivity index (χ1n) is 10.2. The highest BCUT2D eigenvalue weighted by Gasteiger charge is 2.22. The second-order valence-corrected chi connectivity index (χ2v) is 8.61. The fraction of sp³-hybridized carbons (Fsp3) is 0.409. The molecule has 31 heavy (non-hydrogen) atoms. The third-order valence-corrected chi connectivity index (χ3v) is 5.83. The highest BCUT2D eigenvalue weighted by Crippen LogP contribution is 2.34. The van der Waals surface area contributed by atoms with Crippen molar-refractivity contribution in [1.82, 2.24) is 20.2 Å². The molecule has 1 N–H and O–H groups in total. The molecule has 0 spiro atoms. The van der Waals surface area contributed by atoms with Crippen molar-refractivity contribution in [2.24, 2.45) is 5.92 Å². The minimum absolute atomic E-state index is 0.222. The standard InChI is InChI=1S/C22H26ClFN4O2S/c1-4-28(13-23)10-9-18-27-19(15-5-7-16(24)8-6-15)20(30-18)22-26-17(12-31-22)21(29)25-11-14(2)3/h5-8,12,14H,4,9-11,13H2,1-3H3,(H,25,29). The summed E-state index contributed by atoms with van der Waals surface area (Å²) in [5.74, 6) is 0.815. The van der Waals surface area contributed by atoms with Crippen LogP contribution in [-0.4, -0.2) is 46.4 Å². The average molecular weight is 465 g/mol. The van der Waals surface area contributed by atoms with Gasteiger partial charge in [-0.2, -0.15) is 0 Å². The first-order chi connectivity index (χ1) is 14.9. The molecule has 1 aromatic carbocycles. The van der Waals surface area contributed by atoms with E-state index in [0.29, 0.717) is 59.5 Å². The van der Waals surface area contributed by atoms with E-state index in [0.717, 1.165) is 12.1 Å². The molecular weight excluding hydrogens is 439 g/mol. The zero-order valence-corrected chi connectivity index (χ0v) is 19.4. The van der Waals surface area contributed by atoms with Crippen molar-refractivity contribution in [3.8, 4) is 22.0 Å². The Bertz CT molecular complexity index is 999. The van der Waals surface area contributed by atoms with Crippen molar-refractivity contribution < 1.29 is 13.6 Å². The summed E-state index contributed by atoms with van der Waals surface area (Å²) in [4.78, 5) is 23.5. The van der Waals surface area contributed by atoms with Crippen LogP contribution in [-0.2, 0) is 6.42 Å². The maximum Gasteiger partial charge on any atom is 0.270 e. The van der Waals surface area contributed by atoms with Gasteiger partial charge in [-0.05, 0) is 36.7 Å². The molecular formula is C22H26ClFN4O2S. The summed E-state index contributed by atoms with van der Waals surface area (Å²) in [5, 5.41) is 5.12. The molecule has 0 atom stereocenters. The van der Waals surface area contributed by atoms with Crippen molar-refractivity contribution in [3.63, 3.8) is 0 Å². The number of amides is 1. The Labute approximate surface area is 190 Å². The molecule has 0 bridgehead atoms. The molecule has 0 unspecified atom stereocenters. The van der Waals surface area contributed by atoms with Crippen LogP contribution >= 0.6 is 22.9 Å². The summed E-state index contributed by atoms with van der Waals surface area (Å²) in [5.41, 5.74) is 1.63. The lowest BCUT2D eigenvalue weighted by molar-refractivity contribution is 0.0945. The van der Waals surface area contributed by atoms with Crippen LogP contribution in [0.3, 0.4) is 0 Å². The molecule has 3 aromatic rings. The number of oxazole rings is 1. The van der Waals surface area contributed by atoms with Gasteiger partial charge in [-0.1, -0.05) is 20.8 Å². The molecule has 0 aliphatic rings. The largest absolute Gasteiger partial charge is 0.437 e. The van der Waals surface area contributed by atoms with E-state index in [4.69, 9.17) is 16.0 Å². The zero-order valence-electron chi connectivity index (χ0n) is 17.8. The predicted molar refractivity (Wildman–Crippen MR) is 122 cm³/mol. The molecule has 0 saturated carbocycles. The Kier molecular flexibility index (Phi) is 8.17. The minimum Gasteiger partial charge on any atom is -0.437 e. The van der Waals surface area contributed by atoms with Crippen LogP contribution in [0.4, 0.5) is 4.39 Å². The van der Waals surface area contributed by atoms with Gasteiger partial charge in [0, 0.05) is 30.5 Å². The third-order valence-electron chi connectivity index (χ3n) is 4.65. The molecule has 2 aromatic heterocycles. The number of hydrogen-bond acceptors (Lipinski definition) is 6. The second-order valence-electron chi connectivity index (χ2n) is 7.51. The van der Waals surface area contributed by atoms with Crippen LogP contribution in [0.2, 0.25) is 0 Å². The van der Waals surface area contributed by atoms with Gasteiger partial charge in [0.05, 0.1) is 6.00 Å². The number of carbonyl (C=O) groups is 1. The van der Waals surface area contributed by atoms with E-state index in [9.17, 15) is 9.18 Å². The van der Waals surface area contributed by atoms with Gasteiger partial charge >= 0.3 is 0 Å². The number of halogens is 2. The summed E-state index contributed by atoms with van der Waals surface area (Å²) in [7, 11) is 0. The summed E-state index contributed by atoms with van der Waals surface area (Å²) >= 11 is 7.26. The van der Waals surface area contributed by atoms with Gasteiger partial charge in [-0.3, -0.25) is 9.69 Å². The van der Waals surface area contributed by atoms with Crippen molar-refractivity contribution >= 4 is 28.8 Å². The van der Waals surface area contributed by atoms with Gasteiger partial charge in [0.25, 0.3) is 5.91 Å². The van der Waals surface area contributed by atoms with Crippen LogP contribution in [0.25, 0.3) is 22.0 Å². The summed E-state index contributed by atoms with van der Waals surface area (Å²) in [6, 6.07) is 6.50. The number of carbonyl (C=O) groups excluding carboxylic acids is 1. The van der Waals surface area contributed by atoms with Gasteiger partial charge < -0.3 is 9.73 Å². The van der Waals surface area contributed by atoms with Crippen molar-refractivity contribution in [1.29, 1.82) is 0 Å². The number of benzene rings is 1. The van der Waals surface area contributed by atoms with E-state index in [1.165, 1.54) is 23.5 Å². The lowest BCUT2D eigenvalue weighted by atomic mass is 10.1. The molecule has 0 aliphatic heterocycles. The average Bonchev–Trinajstić information content (AvgIpc) is 3.40. The highest BCUT2D eigenvalue weighted by molar-refractivity contribution is 7.13. The molecule has 3 rings (SSSR count). The molecule has 0 saturated heterocycles. The number of hydrogen-bond donors (Lipinski definition) is 1. The minimum atomic E-state index is -0.326. The maximum atomic E-state index is 13.4. The molecule has 0 radical (unpaired) electrons. The quantitative estimate of drug-likeness (QED) is 0.336. The number of nitrogens with one attached hydrogen (secondary N) is 1. The van der Waals surface area contributed by atoms with Crippen molar-refractivity contribution in [3.05, 3.63) is 47.0 Å². The number of thiazole rings is 1. The van der Waals surface area contributed by atoms with E-state index in [1.807, 2.05) is 20.8 Å². The Balaban J connectivity index is 1.90. The lowest BCUT2D eigenvalue weighted by Crippen LogP contribution is -2.27. The van der Waals surface area contributed by atoms with Crippen LogP contribution in [0.1, 0.15) is 37.2 Å². The molecule has 6 nitrogen and oxygen atoms in total. The zero-order chi connectivity index (χ0) is 22.4. The van der Waals surface area contributed by atoms with E-state index in [2.05, 4.69) is 20.2 Å². The van der Waals surface area contributed by atoms with E-state index in [-0.39, 0.29) is 11.7 Å². The Morgan fingerprint density at radius 1 is 1.29 bits per heavy atom. The molecule has 166 valence electrons. The van der Waals surface area contributed by atoms with Gasteiger partial charge in [-0.15, -0.1) is 22.9 Å². The van der Waals surface area contributed by atoms with Gasteiger partial charge in [0.2, 0.25) is 0 Å². The van der Waals surface area contributed by atoms with Crippen LogP contribution in [0.5, 0.6) is 0 Å². The number of alkyl halides is 1. The smallest absolute Gasteiger partial charge is 0.270 e. The lowest BCUT2D eigenvalue weighted by Gasteiger charge is -2.14. The molecule has 0 aliphatic carbocycles. The number of rotatable bonds is 10. The molecule has 0 fully saturated rings. The molecule has 1 amide bonds. The predicted octanol–water partition coefficient (Wildman–Crippen LogP) is 5.05. The van der Waals surface area contributed by atoms with Gasteiger partial charge in [0.1, 0.15) is 17.2 Å². The first kappa shape index (κ1) is 23.4. The summed E-state index contributed by atoms with van der Waals surface area (Å²) in [6.45, 7) is 8.19. The number of likely N-dealkylation sites (N-methyl/N-ethyl adjacent to an activating group) is 1. The molecule has 2 heterocycles. The van der Waals surface area contributed by atoms with Gasteiger partial charge in [0.15, 0.2) is 16.7 Å². The van der Waals surface area contributed by atoms with Crippen molar-refractivity contribution in [2.75, 3.05) is 25.6 Å². The Morgan fingerprint density at radius 2 is 2.03 bits per heavy atom. The maximum absolute atomic E-state index is 13.4. The van der Waals surface area contributed by atoms with E-state index >= 15 is 0 Å². The Morgan fingerprint density at radius 3 is 2.68 bits per heavy atom. The second kappa shape index (κ2) is 10.8. The highest BCUT2D eigenvalue weighted by atomic mass is 35.5. The number of aromatic nitrogens is 2. The summed E-state index contributed by atoms with van der Waals surface area (Å²) in [6.07, 6.45) is 0.571. The molecule has 9 heteroatoms. The fourth-order valence-corrected chi connectivity index (χ4v) is 3.91. The third kappa shape index (κ3) is 6.12. The number of nitrogens with zero attached hydrogens (tertiary/aromatic N) is 3. The first-order valence-corrected chi connectivity index (χ1v) is 11.6. The Hall–Kier alpha value is -2.29. The van der Waals surface area contributed by atoms with Crippen LogP contribution < -0.4 is 5.32 Å². The summed E-state index contributed by atoms with van der Waals surface area (Å²) < 4.78 is 19.5.